The topological polar surface area (TPSA) is 12.9 Å². The fourth-order valence-electron chi connectivity index (χ4n) is 1.64. The van der Waals surface area contributed by atoms with Gasteiger partial charge in [-0.25, -0.2) is 4.98 Å². The summed E-state index contributed by atoms with van der Waals surface area (Å²) in [5.41, 5.74) is 2.35. The van der Waals surface area contributed by atoms with E-state index in [1.165, 1.54) is 10.3 Å². The number of para-hydroxylation sites is 1. The fourth-order valence-corrected chi connectivity index (χ4v) is 3.79. The van der Waals surface area contributed by atoms with E-state index in [-0.39, 0.29) is 0 Å². The van der Waals surface area contributed by atoms with E-state index in [2.05, 4.69) is 29.2 Å². The molecule has 0 aliphatic heterocycles. The van der Waals surface area contributed by atoms with Crippen LogP contribution in [0.15, 0.2) is 52.9 Å². The summed E-state index contributed by atoms with van der Waals surface area (Å²) in [5, 5.41) is 0.781. The van der Waals surface area contributed by atoms with Crippen molar-refractivity contribution in [3.05, 3.63) is 59.1 Å². The van der Waals surface area contributed by atoms with Crippen molar-refractivity contribution < 1.29 is 0 Å². The molecule has 0 saturated carbocycles. The highest BCUT2D eigenvalue weighted by Crippen LogP contribution is 2.31. The minimum absolute atomic E-state index is 0.781. The van der Waals surface area contributed by atoms with Crippen LogP contribution in [-0.2, 0) is 5.75 Å². The molecular formula is C14H10ClNS2. The molecule has 0 radical (unpaired) electrons. The Labute approximate surface area is 119 Å². The lowest BCUT2D eigenvalue weighted by atomic mass is 10.2. The SMILES string of the molecule is Clc1ccc(CSc2nc3ccccc3s2)cc1. The summed E-state index contributed by atoms with van der Waals surface area (Å²) in [6, 6.07) is 16.2. The van der Waals surface area contributed by atoms with Gasteiger partial charge in [0.25, 0.3) is 0 Å². The first-order valence-electron chi connectivity index (χ1n) is 5.54. The Bertz CT molecular complexity index is 628. The van der Waals surface area contributed by atoms with Crippen LogP contribution in [0.1, 0.15) is 5.56 Å². The molecule has 90 valence electrons. The van der Waals surface area contributed by atoms with Gasteiger partial charge in [-0.1, -0.05) is 47.6 Å². The van der Waals surface area contributed by atoms with Crippen LogP contribution in [0.2, 0.25) is 5.02 Å². The standard InChI is InChI=1S/C14H10ClNS2/c15-11-7-5-10(6-8-11)9-17-14-16-12-3-1-2-4-13(12)18-14/h1-8H,9H2. The van der Waals surface area contributed by atoms with Crippen LogP contribution < -0.4 is 0 Å². The zero-order valence-electron chi connectivity index (χ0n) is 9.47. The predicted molar refractivity (Wildman–Crippen MR) is 80.6 cm³/mol. The zero-order chi connectivity index (χ0) is 12.4. The van der Waals surface area contributed by atoms with E-state index >= 15 is 0 Å². The first kappa shape index (κ1) is 12.0. The van der Waals surface area contributed by atoms with Gasteiger partial charge in [0.1, 0.15) is 0 Å². The number of thioether (sulfide) groups is 1. The third-order valence-electron chi connectivity index (χ3n) is 2.55. The van der Waals surface area contributed by atoms with Gasteiger partial charge in [-0.2, -0.15) is 0 Å². The summed E-state index contributed by atoms with van der Waals surface area (Å²) in [6.07, 6.45) is 0. The molecular weight excluding hydrogens is 282 g/mol. The van der Waals surface area contributed by atoms with Gasteiger partial charge in [0.05, 0.1) is 10.2 Å². The van der Waals surface area contributed by atoms with E-state index in [9.17, 15) is 0 Å². The van der Waals surface area contributed by atoms with E-state index in [1.54, 1.807) is 23.1 Å². The molecule has 0 unspecified atom stereocenters. The van der Waals surface area contributed by atoms with Gasteiger partial charge in [-0.15, -0.1) is 11.3 Å². The first-order valence-corrected chi connectivity index (χ1v) is 7.72. The Kier molecular flexibility index (Phi) is 3.55. The lowest BCUT2D eigenvalue weighted by Gasteiger charge is -1.98. The smallest absolute Gasteiger partial charge is 0.151 e. The predicted octanol–water partition coefficient (Wildman–Crippen LogP) is 5.24. The summed E-state index contributed by atoms with van der Waals surface area (Å²) >= 11 is 9.38. The number of fused-ring (bicyclic) bond motifs is 1. The van der Waals surface area contributed by atoms with Crippen LogP contribution in [0.4, 0.5) is 0 Å². The lowest BCUT2D eigenvalue weighted by molar-refractivity contribution is 1.29. The highest BCUT2D eigenvalue weighted by molar-refractivity contribution is 8.00. The van der Waals surface area contributed by atoms with Crippen molar-refractivity contribution >= 4 is 44.9 Å². The number of aromatic nitrogens is 1. The van der Waals surface area contributed by atoms with E-state index in [1.807, 2.05) is 24.3 Å². The van der Waals surface area contributed by atoms with E-state index in [0.717, 1.165) is 20.6 Å². The maximum atomic E-state index is 5.87. The molecule has 0 saturated heterocycles. The van der Waals surface area contributed by atoms with Crippen molar-refractivity contribution in [3.8, 4) is 0 Å². The van der Waals surface area contributed by atoms with Gasteiger partial charge in [0.15, 0.2) is 4.34 Å². The monoisotopic (exact) mass is 291 g/mol. The van der Waals surface area contributed by atoms with Crippen LogP contribution in [0.25, 0.3) is 10.2 Å². The molecule has 0 spiro atoms. The van der Waals surface area contributed by atoms with Crippen molar-refractivity contribution in [2.75, 3.05) is 0 Å². The second-order valence-corrected chi connectivity index (χ2v) is 6.55. The summed E-state index contributed by atoms with van der Waals surface area (Å²) in [5.74, 6) is 0.928. The number of benzene rings is 2. The second-order valence-electron chi connectivity index (χ2n) is 3.86. The van der Waals surface area contributed by atoms with Crippen molar-refractivity contribution in [2.24, 2.45) is 0 Å². The third-order valence-corrected chi connectivity index (χ3v) is 5.05. The average molecular weight is 292 g/mol. The Morgan fingerprint density at radius 1 is 1.06 bits per heavy atom. The van der Waals surface area contributed by atoms with E-state index < -0.39 is 0 Å². The number of hydrogen-bond acceptors (Lipinski definition) is 3. The average Bonchev–Trinajstić information content (AvgIpc) is 2.81. The second kappa shape index (κ2) is 5.31. The molecule has 0 atom stereocenters. The van der Waals surface area contributed by atoms with Gasteiger partial charge in [-0.05, 0) is 29.8 Å². The largest absolute Gasteiger partial charge is 0.230 e. The van der Waals surface area contributed by atoms with Crippen LogP contribution in [0.5, 0.6) is 0 Å². The molecule has 0 amide bonds. The molecule has 0 aliphatic rings. The maximum Gasteiger partial charge on any atom is 0.151 e. The highest BCUT2D eigenvalue weighted by atomic mass is 35.5. The van der Waals surface area contributed by atoms with Gasteiger partial charge in [0.2, 0.25) is 0 Å². The summed E-state index contributed by atoms with van der Waals surface area (Å²) in [4.78, 5) is 4.60. The first-order chi connectivity index (χ1) is 8.81. The Morgan fingerprint density at radius 2 is 1.83 bits per heavy atom. The van der Waals surface area contributed by atoms with Crippen LogP contribution >= 0.6 is 34.7 Å². The van der Waals surface area contributed by atoms with Crippen LogP contribution in [0.3, 0.4) is 0 Å². The quantitative estimate of drug-likeness (QED) is 0.612. The summed E-state index contributed by atoms with van der Waals surface area (Å²) in [7, 11) is 0. The fraction of sp³-hybridized carbons (Fsp3) is 0.0714. The van der Waals surface area contributed by atoms with E-state index in [0.29, 0.717) is 0 Å². The Balaban J connectivity index is 1.74. The molecule has 18 heavy (non-hydrogen) atoms. The molecule has 3 rings (SSSR count). The lowest BCUT2D eigenvalue weighted by Crippen LogP contribution is -1.79. The summed E-state index contributed by atoms with van der Waals surface area (Å²) in [6.45, 7) is 0. The van der Waals surface area contributed by atoms with Gasteiger partial charge < -0.3 is 0 Å². The molecule has 0 aliphatic carbocycles. The molecule has 1 nitrogen and oxygen atoms in total. The number of thiazole rings is 1. The molecule has 3 aromatic rings. The molecule has 2 aromatic carbocycles. The minimum Gasteiger partial charge on any atom is -0.230 e. The number of hydrogen-bond donors (Lipinski definition) is 0. The minimum atomic E-state index is 0.781. The Hall–Kier alpha value is -1.03. The third kappa shape index (κ3) is 2.69. The van der Waals surface area contributed by atoms with Crippen molar-refractivity contribution in [2.45, 2.75) is 10.1 Å². The summed E-state index contributed by atoms with van der Waals surface area (Å²) < 4.78 is 2.36. The van der Waals surface area contributed by atoms with Crippen LogP contribution in [0, 0.1) is 0 Å². The molecule has 0 bridgehead atoms. The van der Waals surface area contributed by atoms with Crippen molar-refractivity contribution in [1.29, 1.82) is 0 Å². The number of nitrogens with zero attached hydrogens (tertiary/aromatic N) is 1. The number of halogens is 1. The van der Waals surface area contributed by atoms with Gasteiger partial charge in [0, 0.05) is 10.8 Å². The van der Waals surface area contributed by atoms with Gasteiger partial charge in [-0.3, -0.25) is 0 Å². The Morgan fingerprint density at radius 3 is 2.61 bits per heavy atom. The maximum absolute atomic E-state index is 5.87. The zero-order valence-corrected chi connectivity index (χ0v) is 11.9. The highest BCUT2D eigenvalue weighted by Gasteiger charge is 2.03. The van der Waals surface area contributed by atoms with Crippen molar-refractivity contribution in [3.63, 3.8) is 0 Å². The number of rotatable bonds is 3. The molecule has 0 fully saturated rings. The molecule has 4 heteroatoms. The molecule has 1 heterocycles. The van der Waals surface area contributed by atoms with Crippen molar-refractivity contribution in [1.82, 2.24) is 4.98 Å². The molecule has 1 aromatic heterocycles. The van der Waals surface area contributed by atoms with Crippen LogP contribution in [-0.4, -0.2) is 4.98 Å². The van der Waals surface area contributed by atoms with E-state index in [4.69, 9.17) is 11.6 Å². The molecule has 0 N–H and O–H groups in total. The normalized spacial score (nSPS) is 10.9. The van der Waals surface area contributed by atoms with Gasteiger partial charge >= 0.3 is 0 Å².